The van der Waals surface area contributed by atoms with E-state index >= 15 is 0 Å². The largest absolute Gasteiger partial charge is 0.389 e. The minimum absolute atomic E-state index is 0.428. The summed E-state index contributed by atoms with van der Waals surface area (Å²) in [5.41, 5.74) is 0.941. The van der Waals surface area contributed by atoms with E-state index in [1.54, 1.807) is 11.3 Å². The first-order chi connectivity index (χ1) is 8.72. The highest BCUT2D eigenvalue weighted by atomic mass is 32.1. The average molecular weight is 267 g/mol. The minimum atomic E-state index is -0.690. The summed E-state index contributed by atoms with van der Waals surface area (Å²) in [5.74, 6) is 1.07. The molecule has 7 heteroatoms. The second-order valence-corrected chi connectivity index (χ2v) is 5.13. The molecule has 18 heavy (non-hydrogen) atoms. The maximum Gasteiger partial charge on any atom is 0.241 e. The van der Waals surface area contributed by atoms with Gasteiger partial charge in [-0.05, 0) is 11.4 Å². The number of β-amino-alcohol motifs (C(OH)–C–C–N with tert-alkyl or cyclic N) is 2. The van der Waals surface area contributed by atoms with Crippen LogP contribution in [-0.2, 0) is 6.54 Å². The Morgan fingerprint density at radius 2 is 2.17 bits per heavy atom. The van der Waals surface area contributed by atoms with Crippen LogP contribution in [0.3, 0.4) is 0 Å². The molecular weight excluding hydrogens is 254 g/mol. The van der Waals surface area contributed by atoms with E-state index in [-0.39, 0.29) is 0 Å². The van der Waals surface area contributed by atoms with Gasteiger partial charge in [-0.25, -0.2) is 0 Å². The fraction of sp³-hybridized carbons (Fsp3) is 0.455. The average Bonchev–Trinajstić information content (AvgIpc) is 3.02. The number of likely N-dealkylation sites (tertiary alicyclic amines) is 1. The highest BCUT2D eigenvalue weighted by Gasteiger charge is 2.30. The molecule has 3 heterocycles. The van der Waals surface area contributed by atoms with Crippen LogP contribution in [0.1, 0.15) is 5.89 Å². The Morgan fingerprint density at radius 1 is 1.39 bits per heavy atom. The smallest absolute Gasteiger partial charge is 0.241 e. The van der Waals surface area contributed by atoms with E-state index in [2.05, 4.69) is 10.1 Å². The van der Waals surface area contributed by atoms with Gasteiger partial charge in [-0.15, -0.1) is 0 Å². The zero-order valence-electron chi connectivity index (χ0n) is 9.56. The van der Waals surface area contributed by atoms with E-state index in [4.69, 9.17) is 4.52 Å². The molecule has 1 aliphatic rings. The third kappa shape index (κ3) is 2.30. The van der Waals surface area contributed by atoms with Gasteiger partial charge in [0.2, 0.25) is 11.7 Å². The first-order valence-corrected chi connectivity index (χ1v) is 6.60. The van der Waals surface area contributed by atoms with E-state index < -0.39 is 12.2 Å². The fourth-order valence-corrected chi connectivity index (χ4v) is 2.63. The Morgan fingerprint density at radius 3 is 2.83 bits per heavy atom. The number of aliphatic hydroxyl groups is 2. The van der Waals surface area contributed by atoms with Crippen LogP contribution in [0, 0.1) is 0 Å². The molecule has 2 N–H and O–H groups in total. The lowest BCUT2D eigenvalue weighted by atomic mass is 10.3. The van der Waals surface area contributed by atoms with E-state index in [0.29, 0.717) is 31.3 Å². The van der Waals surface area contributed by atoms with Crippen LogP contribution >= 0.6 is 11.3 Å². The zero-order chi connectivity index (χ0) is 12.5. The highest BCUT2D eigenvalue weighted by molar-refractivity contribution is 7.08. The van der Waals surface area contributed by atoms with Gasteiger partial charge in [0, 0.05) is 24.0 Å². The topological polar surface area (TPSA) is 82.6 Å². The SMILES string of the molecule is O[C@@H]1CN(Cc2nc(-c3ccsc3)no2)C[C@@H]1O. The molecule has 0 aromatic carbocycles. The predicted molar refractivity (Wildman–Crippen MR) is 64.9 cm³/mol. The molecule has 6 nitrogen and oxygen atoms in total. The van der Waals surface area contributed by atoms with Gasteiger partial charge in [0.25, 0.3) is 0 Å². The van der Waals surface area contributed by atoms with Crippen molar-refractivity contribution in [2.45, 2.75) is 18.8 Å². The van der Waals surface area contributed by atoms with Gasteiger partial charge in [-0.1, -0.05) is 5.16 Å². The second-order valence-electron chi connectivity index (χ2n) is 4.35. The standard InChI is InChI=1S/C11H13N3O3S/c15-8-3-14(4-9(8)16)5-10-12-11(13-17-10)7-1-2-18-6-7/h1-2,6,8-9,15-16H,3-5H2/t8-,9+. The molecule has 0 unspecified atom stereocenters. The molecule has 3 rings (SSSR count). The number of thiophene rings is 1. The van der Waals surface area contributed by atoms with Gasteiger partial charge in [0.1, 0.15) is 0 Å². The van der Waals surface area contributed by atoms with Crippen LogP contribution in [0.25, 0.3) is 11.4 Å². The summed E-state index contributed by atoms with van der Waals surface area (Å²) in [6, 6.07) is 1.93. The number of hydrogen-bond donors (Lipinski definition) is 2. The number of aromatic nitrogens is 2. The molecule has 96 valence electrons. The van der Waals surface area contributed by atoms with Crippen molar-refractivity contribution in [3.8, 4) is 11.4 Å². The summed E-state index contributed by atoms with van der Waals surface area (Å²) < 4.78 is 5.16. The van der Waals surface area contributed by atoms with Crippen LogP contribution in [0.4, 0.5) is 0 Å². The van der Waals surface area contributed by atoms with Gasteiger partial charge in [-0.3, -0.25) is 4.90 Å². The minimum Gasteiger partial charge on any atom is -0.389 e. The number of hydrogen-bond acceptors (Lipinski definition) is 7. The summed E-state index contributed by atoms with van der Waals surface area (Å²) in [7, 11) is 0. The predicted octanol–water partition coefficient (Wildman–Crippen LogP) is 0.335. The van der Waals surface area contributed by atoms with Gasteiger partial charge >= 0.3 is 0 Å². The Labute approximate surface area is 107 Å². The van der Waals surface area contributed by atoms with Crippen molar-refractivity contribution < 1.29 is 14.7 Å². The van der Waals surface area contributed by atoms with E-state index in [1.165, 1.54) is 0 Å². The van der Waals surface area contributed by atoms with E-state index in [1.807, 2.05) is 21.7 Å². The van der Waals surface area contributed by atoms with Gasteiger partial charge in [-0.2, -0.15) is 16.3 Å². The quantitative estimate of drug-likeness (QED) is 0.834. The van der Waals surface area contributed by atoms with Crippen molar-refractivity contribution >= 4 is 11.3 Å². The summed E-state index contributed by atoms with van der Waals surface area (Å²) in [6.45, 7) is 1.31. The maximum absolute atomic E-state index is 9.44. The Balaban J connectivity index is 1.68. The van der Waals surface area contributed by atoms with Crippen molar-refractivity contribution in [2.24, 2.45) is 0 Å². The van der Waals surface area contributed by atoms with E-state index in [0.717, 1.165) is 5.56 Å². The Bertz CT molecular complexity index is 503. The summed E-state index contributed by atoms with van der Waals surface area (Å²) in [5, 5.41) is 26.7. The fourth-order valence-electron chi connectivity index (χ4n) is 2.00. The molecular formula is C11H13N3O3S. The summed E-state index contributed by atoms with van der Waals surface area (Å²) in [6.07, 6.45) is -1.38. The molecule has 1 fully saturated rings. The van der Waals surface area contributed by atoms with Crippen LogP contribution in [0.15, 0.2) is 21.3 Å². The normalized spacial score (nSPS) is 24.8. The Kier molecular flexibility index (Phi) is 3.13. The van der Waals surface area contributed by atoms with Crippen LogP contribution in [-0.4, -0.2) is 50.6 Å². The number of nitrogens with zero attached hydrogens (tertiary/aromatic N) is 3. The molecule has 0 aliphatic carbocycles. The zero-order valence-corrected chi connectivity index (χ0v) is 10.4. The second kappa shape index (κ2) is 4.77. The van der Waals surface area contributed by atoms with Crippen molar-refractivity contribution in [1.82, 2.24) is 15.0 Å². The molecule has 0 spiro atoms. The Hall–Kier alpha value is -1.28. The van der Waals surface area contributed by atoms with Gasteiger partial charge in [0.15, 0.2) is 0 Å². The monoisotopic (exact) mass is 267 g/mol. The lowest BCUT2D eigenvalue weighted by Crippen LogP contribution is -2.22. The lowest BCUT2D eigenvalue weighted by molar-refractivity contribution is 0.0572. The van der Waals surface area contributed by atoms with Crippen molar-refractivity contribution in [1.29, 1.82) is 0 Å². The number of aliphatic hydroxyl groups excluding tert-OH is 2. The molecule has 2 aromatic heterocycles. The molecule has 2 aromatic rings. The number of rotatable bonds is 3. The summed E-state index contributed by atoms with van der Waals surface area (Å²) >= 11 is 1.58. The first-order valence-electron chi connectivity index (χ1n) is 5.66. The summed E-state index contributed by atoms with van der Waals surface area (Å²) in [4.78, 5) is 6.18. The van der Waals surface area contributed by atoms with Crippen molar-refractivity contribution in [3.05, 3.63) is 22.7 Å². The molecule has 1 aliphatic heterocycles. The van der Waals surface area contributed by atoms with Crippen molar-refractivity contribution in [2.75, 3.05) is 13.1 Å². The molecule has 0 bridgehead atoms. The third-order valence-electron chi connectivity index (χ3n) is 2.94. The van der Waals surface area contributed by atoms with Crippen LogP contribution in [0.5, 0.6) is 0 Å². The molecule has 2 atom stereocenters. The molecule has 1 saturated heterocycles. The maximum atomic E-state index is 9.44. The molecule has 0 amide bonds. The molecule has 0 radical (unpaired) electrons. The lowest BCUT2D eigenvalue weighted by Gasteiger charge is -2.10. The van der Waals surface area contributed by atoms with E-state index in [9.17, 15) is 10.2 Å². The van der Waals surface area contributed by atoms with Crippen LogP contribution in [0.2, 0.25) is 0 Å². The van der Waals surface area contributed by atoms with Crippen LogP contribution < -0.4 is 0 Å². The first kappa shape index (κ1) is 11.8. The van der Waals surface area contributed by atoms with Gasteiger partial charge < -0.3 is 14.7 Å². The third-order valence-corrected chi connectivity index (χ3v) is 3.62. The highest BCUT2D eigenvalue weighted by Crippen LogP contribution is 2.20. The van der Waals surface area contributed by atoms with Gasteiger partial charge in [0.05, 0.1) is 18.8 Å². The van der Waals surface area contributed by atoms with Crippen molar-refractivity contribution in [3.63, 3.8) is 0 Å². The molecule has 0 saturated carbocycles.